The van der Waals surface area contributed by atoms with Gasteiger partial charge in [-0.3, -0.25) is 0 Å². The van der Waals surface area contributed by atoms with E-state index in [1.165, 1.54) is 20.3 Å². The number of ether oxygens (including phenoxy) is 3. The van der Waals surface area contributed by atoms with E-state index in [1.807, 2.05) is 0 Å². The average Bonchev–Trinajstić information content (AvgIpc) is 2.70. The van der Waals surface area contributed by atoms with Crippen LogP contribution in [-0.2, 0) is 19.0 Å². The Hall–Kier alpha value is -3.41. The highest BCUT2D eigenvalue weighted by Crippen LogP contribution is 2.25. The molecule has 0 saturated carbocycles. The maximum absolute atomic E-state index is 12.4. The summed E-state index contributed by atoms with van der Waals surface area (Å²) in [6.07, 6.45) is 1.39. The van der Waals surface area contributed by atoms with E-state index in [-0.39, 0.29) is 0 Å². The number of esters is 3. The van der Waals surface area contributed by atoms with Crippen LogP contribution >= 0.6 is 0 Å². The molecule has 2 aromatic carbocycles. The first-order valence-corrected chi connectivity index (χ1v) is 8.97. The van der Waals surface area contributed by atoms with Crippen LogP contribution in [0.1, 0.15) is 52.6 Å². The van der Waals surface area contributed by atoms with Gasteiger partial charge in [0.15, 0.2) is 0 Å². The topological polar surface area (TPSA) is 78.9 Å². The van der Waals surface area contributed by atoms with Gasteiger partial charge in [0.1, 0.15) is 5.60 Å². The Kier molecular flexibility index (Phi) is 6.93. The van der Waals surface area contributed by atoms with Crippen LogP contribution in [0.3, 0.4) is 0 Å². The van der Waals surface area contributed by atoms with Crippen LogP contribution in [0.25, 0.3) is 5.57 Å². The molecular formula is C23H24O6. The third kappa shape index (κ3) is 6.04. The van der Waals surface area contributed by atoms with E-state index in [1.54, 1.807) is 69.3 Å². The maximum Gasteiger partial charge on any atom is 0.337 e. The first kappa shape index (κ1) is 21.9. The van der Waals surface area contributed by atoms with E-state index in [0.29, 0.717) is 27.8 Å². The normalized spacial score (nSPS) is 10.7. The van der Waals surface area contributed by atoms with Crippen molar-refractivity contribution in [3.63, 3.8) is 0 Å². The summed E-state index contributed by atoms with van der Waals surface area (Å²) in [7, 11) is 2.62. The zero-order valence-electron chi connectivity index (χ0n) is 17.1. The number of rotatable bonds is 5. The Balaban J connectivity index is 2.47. The second-order valence-electron chi connectivity index (χ2n) is 7.23. The highest BCUT2D eigenvalue weighted by Gasteiger charge is 2.17. The van der Waals surface area contributed by atoms with Crippen molar-refractivity contribution in [2.75, 3.05) is 14.2 Å². The van der Waals surface area contributed by atoms with Crippen LogP contribution in [0.2, 0.25) is 0 Å². The molecule has 0 aliphatic carbocycles. The van der Waals surface area contributed by atoms with E-state index < -0.39 is 23.5 Å². The van der Waals surface area contributed by atoms with Gasteiger partial charge in [0.25, 0.3) is 0 Å². The number of carbonyl (C=O) groups is 3. The second kappa shape index (κ2) is 9.19. The second-order valence-corrected chi connectivity index (χ2v) is 7.23. The lowest BCUT2D eigenvalue weighted by atomic mass is 9.95. The highest BCUT2D eigenvalue weighted by molar-refractivity contribution is 5.98. The molecule has 0 radical (unpaired) electrons. The van der Waals surface area contributed by atoms with Gasteiger partial charge in [0, 0.05) is 6.08 Å². The molecule has 2 aromatic rings. The lowest BCUT2D eigenvalue weighted by Gasteiger charge is -2.19. The third-order valence-corrected chi connectivity index (χ3v) is 3.90. The molecule has 0 unspecified atom stereocenters. The van der Waals surface area contributed by atoms with E-state index in [0.717, 1.165) is 0 Å². The van der Waals surface area contributed by atoms with Gasteiger partial charge in [-0.05, 0) is 61.7 Å². The van der Waals surface area contributed by atoms with E-state index in [4.69, 9.17) is 14.2 Å². The fraction of sp³-hybridized carbons (Fsp3) is 0.261. The number of methoxy groups -OCH3 is 2. The fourth-order valence-corrected chi connectivity index (χ4v) is 2.59. The summed E-state index contributed by atoms with van der Waals surface area (Å²) in [5, 5.41) is 0. The van der Waals surface area contributed by atoms with Crippen molar-refractivity contribution >= 4 is 23.5 Å². The van der Waals surface area contributed by atoms with Crippen LogP contribution in [0, 0.1) is 0 Å². The van der Waals surface area contributed by atoms with Crippen molar-refractivity contribution < 1.29 is 28.6 Å². The van der Waals surface area contributed by atoms with Crippen LogP contribution in [0.5, 0.6) is 0 Å². The van der Waals surface area contributed by atoms with Gasteiger partial charge in [-0.25, -0.2) is 14.4 Å². The van der Waals surface area contributed by atoms with Crippen LogP contribution in [0.4, 0.5) is 0 Å². The van der Waals surface area contributed by atoms with Gasteiger partial charge in [0.05, 0.1) is 25.3 Å². The highest BCUT2D eigenvalue weighted by atomic mass is 16.6. The third-order valence-electron chi connectivity index (χ3n) is 3.90. The zero-order valence-corrected chi connectivity index (χ0v) is 17.1. The van der Waals surface area contributed by atoms with Gasteiger partial charge < -0.3 is 14.2 Å². The Morgan fingerprint density at radius 2 is 1.03 bits per heavy atom. The molecule has 0 aliphatic rings. The van der Waals surface area contributed by atoms with Crippen molar-refractivity contribution in [3.05, 3.63) is 76.9 Å². The van der Waals surface area contributed by atoms with Gasteiger partial charge in [-0.15, -0.1) is 0 Å². The summed E-state index contributed by atoms with van der Waals surface area (Å²) in [6.45, 7) is 5.36. The Morgan fingerprint density at radius 1 is 0.690 bits per heavy atom. The van der Waals surface area contributed by atoms with Crippen molar-refractivity contribution in [2.45, 2.75) is 26.4 Å². The molecular weight excluding hydrogens is 372 g/mol. The Labute approximate surface area is 170 Å². The minimum atomic E-state index is -0.637. The summed E-state index contributed by atoms with van der Waals surface area (Å²) in [5.41, 5.74) is 2.15. The van der Waals surface area contributed by atoms with Gasteiger partial charge in [0.2, 0.25) is 0 Å². The molecule has 0 spiro atoms. The van der Waals surface area contributed by atoms with Gasteiger partial charge in [-0.2, -0.15) is 0 Å². The zero-order chi connectivity index (χ0) is 21.6. The maximum atomic E-state index is 12.4. The number of hydrogen-bond donors (Lipinski definition) is 0. The van der Waals surface area contributed by atoms with E-state index in [9.17, 15) is 14.4 Å². The average molecular weight is 396 g/mol. The summed E-state index contributed by atoms with van der Waals surface area (Å²) < 4.78 is 14.8. The summed E-state index contributed by atoms with van der Waals surface area (Å²) in [5.74, 6) is -1.39. The van der Waals surface area contributed by atoms with Crippen LogP contribution in [-0.4, -0.2) is 37.7 Å². The minimum Gasteiger partial charge on any atom is -0.465 e. The monoisotopic (exact) mass is 396 g/mol. The Bertz CT molecular complexity index is 854. The fourth-order valence-electron chi connectivity index (χ4n) is 2.59. The number of benzene rings is 2. The summed E-state index contributed by atoms with van der Waals surface area (Å²) in [6, 6.07) is 13.3. The molecule has 0 atom stereocenters. The van der Waals surface area contributed by atoms with Crippen molar-refractivity contribution in [1.29, 1.82) is 0 Å². The standard InChI is InChI=1S/C23H24O6/c1-23(2,3)29-20(24)14-19(15-6-10-17(11-7-15)21(25)27-4)16-8-12-18(13-9-16)22(26)28-5/h6-14H,1-5H3. The molecule has 29 heavy (non-hydrogen) atoms. The molecule has 0 bridgehead atoms. The molecule has 152 valence electrons. The predicted octanol–water partition coefficient (Wildman–Crippen LogP) is 4.03. The predicted molar refractivity (Wildman–Crippen MR) is 108 cm³/mol. The number of hydrogen-bond acceptors (Lipinski definition) is 6. The molecule has 6 heteroatoms. The molecule has 0 amide bonds. The SMILES string of the molecule is COC(=O)c1ccc(C(=CC(=O)OC(C)(C)C)c2ccc(C(=O)OC)cc2)cc1. The smallest absolute Gasteiger partial charge is 0.337 e. The Morgan fingerprint density at radius 3 is 1.34 bits per heavy atom. The van der Waals surface area contributed by atoms with Crippen molar-refractivity contribution in [1.82, 2.24) is 0 Å². The van der Waals surface area contributed by atoms with E-state index >= 15 is 0 Å². The molecule has 0 fully saturated rings. The molecule has 0 saturated heterocycles. The molecule has 0 aromatic heterocycles. The summed E-state index contributed by atoms with van der Waals surface area (Å²) in [4.78, 5) is 35.8. The quantitative estimate of drug-likeness (QED) is 0.431. The van der Waals surface area contributed by atoms with Crippen molar-refractivity contribution in [3.8, 4) is 0 Å². The number of carbonyl (C=O) groups excluding carboxylic acids is 3. The summed E-state index contributed by atoms with van der Waals surface area (Å²) >= 11 is 0. The first-order chi connectivity index (χ1) is 13.6. The molecule has 0 heterocycles. The molecule has 2 rings (SSSR count). The lowest BCUT2D eigenvalue weighted by molar-refractivity contribution is -0.148. The van der Waals surface area contributed by atoms with Crippen LogP contribution in [0.15, 0.2) is 54.6 Å². The lowest BCUT2D eigenvalue weighted by Crippen LogP contribution is -2.22. The minimum absolute atomic E-state index is 0.397. The first-order valence-electron chi connectivity index (χ1n) is 8.97. The van der Waals surface area contributed by atoms with Gasteiger partial charge >= 0.3 is 17.9 Å². The molecule has 6 nitrogen and oxygen atoms in total. The largest absolute Gasteiger partial charge is 0.465 e. The van der Waals surface area contributed by atoms with Crippen molar-refractivity contribution in [2.24, 2.45) is 0 Å². The molecule has 0 N–H and O–H groups in total. The van der Waals surface area contributed by atoms with E-state index in [2.05, 4.69) is 0 Å². The van der Waals surface area contributed by atoms with Crippen LogP contribution < -0.4 is 0 Å². The molecule has 0 aliphatic heterocycles. The van der Waals surface area contributed by atoms with Gasteiger partial charge in [-0.1, -0.05) is 24.3 Å².